The zero-order chi connectivity index (χ0) is 19.1. The van der Waals surface area contributed by atoms with Gasteiger partial charge in [0.25, 0.3) is 5.91 Å². The van der Waals surface area contributed by atoms with Gasteiger partial charge in [-0.05, 0) is 25.5 Å². The number of aryl methyl sites for hydroxylation is 1. The fraction of sp³-hybridized carbons (Fsp3) is 0.429. The summed E-state index contributed by atoms with van der Waals surface area (Å²) >= 11 is 1.65. The first-order chi connectivity index (χ1) is 13.6. The summed E-state index contributed by atoms with van der Waals surface area (Å²) in [5.74, 6) is 0.0337. The molecule has 3 aromatic rings. The Morgan fingerprint density at radius 3 is 3.07 bits per heavy atom. The molecule has 2 aromatic heterocycles. The number of carbonyl (C=O) groups is 1. The van der Waals surface area contributed by atoms with Crippen LogP contribution in [0.5, 0.6) is 0 Å². The molecule has 7 heteroatoms. The van der Waals surface area contributed by atoms with E-state index in [4.69, 9.17) is 9.47 Å². The third-order valence-electron chi connectivity index (χ3n) is 5.59. The lowest BCUT2D eigenvalue weighted by Crippen LogP contribution is -2.67. The van der Waals surface area contributed by atoms with Gasteiger partial charge in [0.05, 0.1) is 36.5 Å². The third-order valence-corrected chi connectivity index (χ3v) is 6.41. The molecule has 1 spiro atoms. The summed E-state index contributed by atoms with van der Waals surface area (Å²) in [7, 11) is 0. The highest BCUT2D eigenvalue weighted by Gasteiger charge is 2.49. The fourth-order valence-electron chi connectivity index (χ4n) is 4.18. The molecule has 0 aliphatic carbocycles. The van der Waals surface area contributed by atoms with Gasteiger partial charge in [-0.15, -0.1) is 11.3 Å². The number of nitrogens with one attached hydrogen (secondary N) is 1. The average molecular weight is 398 g/mol. The Bertz CT molecular complexity index is 972. The van der Waals surface area contributed by atoms with E-state index in [1.165, 1.54) is 0 Å². The number of H-pyrrole nitrogens is 1. The Balaban J connectivity index is 1.19. The van der Waals surface area contributed by atoms with Gasteiger partial charge in [-0.2, -0.15) is 0 Å². The predicted octanol–water partition coefficient (Wildman–Crippen LogP) is 3.52. The van der Waals surface area contributed by atoms with Gasteiger partial charge in [0, 0.05) is 29.3 Å². The molecule has 0 saturated carbocycles. The van der Waals surface area contributed by atoms with Crippen LogP contribution in [0.3, 0.4) is 0 Å². The van der Waals surface area contributed by atoms with Crippen molar-refractivity contribution >= 4 is 28.1 Å². The van der Waals surface area contributed by atoms with Crippen LogP contribution in [-0.2, 0) is 16.1 Å². The van der Waals surface area contributed by atoms with Crippen LogP contribution in [0.1, 0.15) is 34.0 Å². The highest BCUT2D eigenvalue weighted by molar-refractivity contribution is 7.09. The normalized spacial score (nSPS) is 21.2. The van der Waals surface area contributed by atoms with Crippen molar-refractivity contribution in [2.24, 2.45) is 0 Å². The largest absolute Gasteiger partial charge is 0.372 e. The summed E-state index contributed by atoms with van der Waals surface area (Å²) in [5.41, 5.74) is 2.36. The lowest BCUT2D eigenvalue weighted by molar-refractivity contribution is -0.188. The Morgan fingerprint density at radius 2 is 2.29 bits per heavy atom. The molecule has 5 rings (SSSR count). The number of benzene rings is 1. The smallest absolute Gasteiger partial charge is 0.270 e. The van der Waals surface area contributed by atoms with Crippen molar-refractivity contribution in [2.75, 3.05) is 19.7 Å². The molecule has 2 saturated heterocycles. The molecule has 1 N–H and O–H groups in total. The molecule has 2 fully saturated rings. The van der Waals surface area contributed by atoms with Crippen LogP contribution >= 0.6 is 11.3 Å². The van der Waals surface area contributed by atoms with Crippen molar-refractivity contribution in [1.29, 1.82) is 0 Å². The summed E-state index contributed by atoms with van der Waals surface area (Å²) in [6, 6.07) is 9.86. The van der Waals surface area contributed by atoms with Crippen LogP contribution in [0.25, 0.3) is 10.9 Å². The van der Waals surface area contributed by atoms with Gasteiger partial charge in [0.15, 0.2) is 0 Å². The number of para-hydroxylation sites is 1. The molecular weight excluding hydrogens is 374 g/mol. The van der Waals surface area contributed by atoms with Crippen LogP contribution in [0.4, 0.5) is 0 Å². The van der Waals surface area contributed by atoms with E-state index in [0.29, 0.717) is 32.0 Å². The second kappa shape index (κ2) is 6.99. The van der Waals surface area contributed by atoms with Crippen molar-refractivity contribution in [3.8, 4) is 0 Å². The Morgan fingerprint density at radius 1 is 1.43 bits per heavy atom. The Labute approximate surface area is 167 Å². The SMILES string of the molecule is Cc1nc(CO[C@@H]2CCOC3(C2)CN(C(=O)c2cc4ccccc4[nH]2)C3)cs1. The molecule has 1 aromatic carbocycles. The molecule has 0 unspecified atom stereocenters. The topological polar surface area (TPSA) is 67.5 Å². The number of fused-ring (bicyclic) bond motifs is 1. The van der Waals surface area contributed by atoms with Crippen LogP contribution in [0, 0.1) is 6.92 Å². The molecule has 6 nitrogen and oxygen atoms in total. The van der Waals surface area contributed by atoms with Gasteiger partial charge in [0.1, 0.15) is 11.3 Å². The van der Waals surface area contributed by atoms with Crippen molar-refractivity contribution in [3.63, 3.8) is 0 Å². The van der Waals surface area contributed by atoms with Crippen LogP contribution < -0.4 is 0 Å². The van der Waals surface area contributed by atoms with Crippen LogP contribution in [0.2, 0.25) is 0 Å². The number of nitrogens with zero attached hydrogens (tertiary/aromatic N) is 2. The number of hydrogen-bond donors (Lipinski definition) is 1. The quantitative estimate of drug-likeness (QED) is 0.731. The maximum Gasteiger partial charge on any atom is 0.270 e. The number of aromatic nitrogens is 2. The van der Waals surface area contributed by atoms with E-state index in [-0.39, 0.29) is 17.6 Å². The predicted molar refractivity (Wildman–Crippen MR) is 108 cm³/mol. The first-order valence-corrected chi connectivity index (χ1v) is 10.5. The highest BCUT2D eigenvalue weighted by atomic mass is 32.1. The molecule has 0 radical (unpaired) electrons. The maximum absolute atomic E-state index is 12.8. The van der Waals surface area contributed by atoms with Crippen LogP contribution in [-0.4, -0.2) is 52.2 Å². The molecule has 0 bridgehead atoms. The minimum atomic E-state index is -0.261. The van der Waals surface area contributed by atoms with Gasteiger partial charge in [-0.25, -0.2) is 4.98 Å². The standard InChI is InChI=1S/C21H23N3O3S/c1-14-22-16(11-28-14)10-26-17-6-7-27-21(9-17)12-24(13-21)20(25)19-8-15-4-2-3-5-18(15)23-19/h2-5,8,11,17,23H,6-7,9-10,12-13H2,1H3/t17-/m1/s1. The lowest BCUT2D eigenvalue weighted by atomic mass is 9.84. The van der Waals surface area contributed by atoms with Crippen molar-refractivity contribution in [2.45, 2.75) is 38.1 Å². The van der Waals surface area contributed by atoms with E-state index in [9.17, 15) is 4.79 Å². The Kier molecular flexibility index (Phi) is 4.45. The summed E-state index contributed by atoms with van der Waals surface area (Å²) in [4.78, 5) is 22.4. The molecule has 1 amide bonds. The number of thiazole rings is 1. The lowest BCUT2D eigenvalue weighted by Gasteiger charge is -2.52. The Hall–Kier alpha value is -2.22. The summed E-state index contributed by atoms with van der Waals surface area (Å²) in [6.07, 6.45) is 1.87. The second-order valence-corrected chi connectivity index (χ2v) is 8.81. The monoisotopic (exact) mass is 397 g/mol. The van der Waals surface area contributed by atoms with E-state index in [1.807, 2.05) is 42.2 Å². The van der Waals surface area contributed by atoms with Gasteiger partial charge in [-0.3, -0.25) is 4.79 Å². The molecule has 2 aliphatic heterocycles. The zero-order valence-corrected chi connectivity index (χ0v) is 16.6. The summed E-state index contributed by atoms with van der Waals surface area (Å²) in [5, 5.41) is 4.17. The highest BCUT2D eigenvalue weighted by Crippen LogP contribution is 2.36. The number of ether oxygens (including phenoxy) is 2. The fourth-order valence-corrected chi connectivity index (χ4v) is 4.77. The third kappa shape index (κ3) is 3.34. The van der Waals surface area contributed by atoms with Gasteiger partial charge in [0.2, 0.25) is 0 Å². The number of rotatable bonds is 4. The molecule has 1 atom stereocenters. The number of likely N-dealkylation sites (tertiary alicyclic amines) is 1. The molecule has 28 heavy (non-hydrogen) atoms. The van der Waals surface area contributed by atoms with Crippen molar-refractivity contribution in [3.05, 3.63) is 52.1 Å². The van der Waals surface area contributed by atoms with Crippen LogP contribution in [0.15, 0.2) is 35.7 Å². The number of aromatic amines is 1. The number of carbonyl (C=O) groups excluding carboxylic acids is 1. The molecule has 4 heterocycles. The first kappa shape index (κ1) is 17.8. The van der Waals surface area contributed by atoms with Crippen molar-refractivity contribution < 1.29 is 14.3 Å². The molecule has 146 valence electrons. The minimum absolute atomic E-state index is 0.0337. The minimum Gasteiger partial charge on any atom is -0.372 e. The van der Waals surface area contributed by atoms with Crippen molar-refractivity contribution in [1.82, 2.24) is 14.9 Å². The molecular formula is C21H23N3O3S. The van der Waals surface area contributed by atoms with E-state index in [2.05, 4.69) is 15.3 Å². The van der Waals surface area contributed by atoms with Gasteiger partial charge in [-0.1, -0.05) is 18.2 Å². The second-order valence-electron chi connectivity index (χ2n) is 7.75. The van der Waals surface area contributed by atoms with E-state index in [0.717, 1.165) is 34.4 Å². The van der Waals surface area contributed by atoms with E-state index in [1.54, 1.807) is 11.3 Å². The summed E-state index contributed by atoms with van der Waals surface area (Å²) < 4.78 is 12.2. The average Bonchev–Trinajstić information content (AvgIpc) is 3.30. The van der Waals surface area contributed by atoms with Gasteiger partial charge >= 0.3 is 0 Å². The van der Waals surface area contributed by atoms with E-state index < -0.39 is 0 Å². The number of amides is 1. The number of hydrogen-bond acceptors (Lipinski definition) is 5. The molecule has 2 aliphatic rings. The van der Waals surface area contributed by atoms with E-state index >= 15 is 0 Å². The summed E-state index contributed by atoms with van der Waals surface area (Å²) in [6.45, 7) is 4.47. The zero-order valence-electron chi connectivity index (χ0n) is 15.8. The first-order valence-electron chi connectivity index (χ1n) is 9.64. The van der Waals surface area contributed by atoms with Gasteiger partial charge < -0.3 is 19.4 Å². The maximum atomic E-state index is 12.8.